The second-order valence-corrected chi connectivity index (χ2v) is 3.48. The van der Waals surface area contributed by atoms with Crippen molar-refractivity contribution >= 4 is 5.97 Å². The van der Waals surface area contributed by atoms with Crippen LogP contribution in [0.2, 0.25) is 0 Å². The molecule has 1 aliphatic rings. The van der Waals surface area contributed by atoms with Crippen molar-refractivity contribution in [2.24, 2.45) is 0 Å². The quantitative estimate of drug-likeness (QED) is 0.455. The van der Waals surface area contributed by atoms with E-state index in [1.165, 1.54) is 0 Å². The van der Waals surface area contributed by atoms with Gasteiger partial charge in [0.15, 0.2) is 5.79 Å². The number of carbonyl (C=O) groups is 1. The molecule has 0 aromatic carbocycles. The van der Waals surface area contributed by atoms with Crippen LogP contribution in [0.4, 0.5) is 0 Å². The minimum Gasteiger partial charge on any atom is -0.480 e. The molecule has 0 atom stereocenters. The Morgan fingerprint density at radius 2 is 2.00 bits per heavy atom. The van der Waals surface area contributed by atoms with Crippen LogP contribution in [0, 0.1) is 0 Å². The molecule has 0 unspecified atom stereocenters. The standard InChI is InChI=1S/C9H17NO5/c1-13-9(14-2)6-10(7-9)3-4-15-5-8(11)12/h3-7H2,1-2H3,(H,11,12). The van der Waals surface area contributed by atoms with Crippen molar-refractivity contribution < 1.29 is 24.1 Å². The molecule has 0 spiro atoms. The predicted molar refractivity (Wildman–Crippen MR) is 51.6 cm³/mol. The fourth-order valence-corrected chi connectivity index (χ4v) is 1.49. The maximum Gasteiger partial charge on any atom is 0.329 e. The van der Waals surface area contributed by atoms with Crippen molar-refractivity contribution in [3.63, 3.8) is 0 Å². The average Bonchev–Trinajstić information content (AvgIpc) is 2.15. The molecule has 1 heterocycles. The van der Waals surface area contributed by atoms with Gasteiger partial charge in [-0.3, -0.25) is 4.90 Å². The highest BCUT2D eigenvalue weighted by atomic mass is 16.7. The van der Waals surface area contributed by atoms with Crippen molar-refractivity contribution in [3.8, 4) is 0 Å². The smallest absolute Gasteiger partial charge is 0.329 e. The van der Waals surface area contributed by atoms with Gasteiger partial charge >= 0.3 is 5.97 Å². The van der Waals surface area contributed by atoms with Gasteiger partial charge in [-0.05, 0) is 0 Å². The average molecular weight is 219 g/mol. The van der Waals surface area contributed by atoms with E-state index >= 15 is 0 Å². The van der Waals surface area contributed by atoms with Crippen molar-refractivity contribution in [2.75, 3.05) is 47.1 Å². The first-order valence-corrected chi connectivity index (χ1v) is 4.74. The second kappa shape index (κ2) is 5.41. The molecule has 1 fully saturated rings. The Morgan fingerprint density at radius 3 is 2.47 bits per heavy atom. The van der Waals surface area contributed by atoms with E-state index in [2.05, 4.69) is 4.90 Å². The van der Waals surface area contributed by atoms with E-state index < -0.39 is 11.8 Å². The zero-order valence-electron chi connectivity index (χ0n) is 9.06. The molecule has 1 rings (SSSR count). The molecule has 0 aromatic rings. The van der Waals surface area contributed by atoms with Crippen LogP contribution in [-0.4, -0.2) is 68.8 Å². The molecule has 6 heteroatoms. The zero-order chi connectivity index (χ0) is 11.3. The van der Waals surface area contributed by atoms with Crippen LogP contribution in [0.1, 0.15) is 0 Å². The number of carboxylic acid groups (broad SMARTS) is 1. The third-order valence-corrected chi connectivity index (χ3v) is 2.45. The summed E-state index contributed by atoms with van der Waals surface area (Å²) in [5, 5.41) is 8.33. The first kappa shape index (κ1) is 12.4. The van der Waals surface area contributed by atoms with Crippen LogP contribution < -0.4 is 0 Å². The third kappa shape index (κ3) is 3.42. The molecule has 1 N–H and O–H groups in total. The molecular formula is C9H17NO5. The Bertz CT molecular complexity index is 209. The van der Waals surface area contributed by atoms with Crippen molar-refractivity contribution in [2.45, 2.75) is 5.79 Å². The second-order valence-electron chi connectivity index (χ2n) is 3.48. The first-order chi connectivity index (χ1) is 7.12. The van der Waals surface area contributed by atoms with E-state index in [0.717, 1.165) is 0 Å². The molecule has 0 saturated carbocycles. The topological polar surface area (TPSA) is 68.2 Å². The van der Waals surface area contributed by atoms with Gasteiger partial charge in [-0.2, -0.15) is 0 Å². The molecule has 15 heavy (non-hydrogen) atoms. The van der Waals surface area contributed by atoms with Crippen LogP contribution in [0.3, 0.4) is 0 Å². The Kier molecular flexibility index (Phi) is 4.46. The maximum atomic E-state index is 10.1. The largest absolute Gasteiger partial charge is 0.480 e. The highest BCUT2D eigenvalue weighted by molar-refractivity contribution is 5.67. The van der Waals surface area contributed by atoms with Gasteiger partial charge in [-0.25, -0.2) is 4.79 Å². The number of hydrogen-bond donors (Lipinski definition) is 1. The molecule has 0 radical (unpaired) electrons. The first-order valence-electron chi connectivity index (χ1n) is 4.74. The van der Waals surface area contributed by atoms with Crippen LogP contribution in [-0.2, 0) is 19.0 Å². The predicted octanol–water partition coefficient (Wildman–Crippen LogP) is -0.608. The summed E-state index contributed by atoms with van der Waals surface area (Å²) in [6.45, 7) is 2.25. The summed E-state index contributed by atoms with van der Waals surface area (Å²) in [5.74, 6) is -1.42. The monoisotopic (exact) mass is 219 g/mol. The fraction of sp³-hybridized carbons (Fsp3) is 0.889. The van der Waals surface area contributed by atoms with Gasteiger partial charge in [0.1, 0.15) is 6.61 Å². The van der Waals surface area contributed by atoms with E-state index in [0.29, 0.717) is 26.2 Å². The zero-order valence-corrected chi connectivity index (χ0v) is 9.06. The summed E-state index contributed by atoms with van der Waals surface area (Å²) in [5.41, 5.74) is 0. The Balaban J connectivity index is 2.05. The van der Waals surface area contributed by atoms with Gasteiger partial charge in [0.05, 0.1) is 19.7 Å². The van der Waals surface area contributed by atoms with Crippen molar-refractivity contribution in [3.05, 3.63) is 0 Å². The molecular weight excluding hydrogens is 202 g/mol. The summed E-state index contributed by atoms with van der Waals surface area (Å²) in [7, 11) is 3.23. The number of carboxylic acids is 1. The SMILES string of the molecule is COC1(OC)CN(CCOCC(=O)O)C1. The lowest BCUT2D eigenvalue weighted by molar-refractivity contribution is -0.276. The Labute approximate surface area is 88.7 Å². The lowest BCUT2D eigenvalue weighted by Crippen LogP contribution is -2.64. The number of likely N-dealkylation sites (tertiary alicyclic amines) is 1. The summed E-state index contributed by atoms with van der Waals surface area (Å²) in [6.07, 6.45) is 0. The minimum atomic E-state index is -0.943. The Hall–Kier alpha value is -0.690. The van der Waals surface area contributed by atoms with Gasteiger partial charge in [-0.1, -0.05) is 0 Å². The molecule has 0 aromatic heterocycles. The summed E-state index contributed by atoms with van der Waals surface area (Å²) in [6, 6.07) is 0. The molecule has 0 amide bonds. The molecule has 1 saturated heterocycles. The van der Waals surface area contributed by atoms with E-state index in [-0.39, 0.29) is 6.61 Å². The van der Waals surface area contributed by atoms with Gasteiger partial charge in [0.2, 0.25) is 0 Å². The molecule has 0 aliphatic carbocycles. The molecule has 1 aliphatic heterocycles. The van der Waals surface area contributed by atoms with Crippen LogP contribution >= 0.6 is 0 Å². The van der Waals surface area contributed by atoms with E-state index in [4.69, 9.17) is 19.3 Å². The Morgan fingerprint density at radius 1 is 1.40 bits per heavy atom. The van der Waals surface area contributed by atoms with Gasteiger partial charge in [0, 0.05) is 20.8 Å². The highest BCUT2D eigenvalue weighted by Crippen LogP contribution is 2.24. The van der Waals surface area contributed by atoms with Gasteiger partial charge < -0.3 is 19.3 Å². The summed E-state index contributed by atoms with van der Waals surface area (Å²) in [4.78, 5) is 12.2. The summed E-state index contributed by atoms with van der Waals surface area (Å²) >= 11 is 0. The fourth-order valence-electron chi connectivity index (χ4n) is 1.49. The van der Waals surface area contributed by atoms with Crippen LogP contribution in [0.25, 0.3) is 0 Å². The molecule has 88 valence electrons. The molecule has 0 bridgehead atoms. The third-order valence-electron chi connectivity index (χ3n) is 2.45. The lowest BCUT2D eigenvalue weighted by Gasteiger charge is -2.47. The van der Waals surface area contributed by atoms with E-state index in [1.54, 1.807) is 14.2 Å². The van der Waals surface area contributed by atoms with Crippen LogP contribution in [0.15, 0.2) is 0 Å². The number of aliphatic carboxylic acids is 1. The van der Waals surface area contributed by atoms with Gasteiger partial charge in [-0.15, -0.1) is 0 Å². The maximum absolute atomic E-state index is 10.1. The van der Waals surface area contributed by atoms with Crippen LogP contribution in [0.5, 0.6) is 0 Å². The lowest BCUT2D eigenvalue weighted by atomic mass is 10.1. The highest BCUT2D eigenvalue weighted by Gasteiger charge is 2.43. The number of methoxy groups -OCH3 is 2. The van der Waals surface area contributed by atoms with E-state index in [9.17, 15) is 4.79 Å². The number of nitrogens with zero attached hydrogens (tertiary/aromatic N) is 1. The van der Waals surface area contributed by atoms with Gasteiger partial charge in [0.25, 0.3) is 0 Å². The normalized spacial score (nSPS) is 19.9. The molecule has 6 nitrogen and oxygen atoms in total. The number of hydrogen-bond acceptors (Lipinski definition) is 5. The van der Waals surface area contributed by atoms with Crippen molar-refractivity contribution in [1.82, 2.24) is 4.90 Å². The van der Waals surface area contributed by atoms with Crippen molar-refractivity contribution in [1.29, 1.82) is 0 Å². The van der Waals surface area contributed by atoms with E-state index in [1.807, 2.05) is 0 Å². The number of ether oxygens (including phenoxy) is 3. The number of rotatable bonds is 7. The summed E-state index contributed by atoms with van der Waals surface area (Å²) < 4.78 is 15.3. The minimum absolute atomic E-state index is 0.243.